The van der Waals surface area contributed by atoms with Crippen molar-refractivity contribution in [2.45, 2.75) is 151 Å². The van der Waals surface area contributed by atoms with Crippen molar-refractivity contribution in [3.05, 3.63) is 83.9 Å². The van der Waals surface area contributed by atoms with Gasteiger partial charge in [-0.1, -0.05) is 102 Å². The Bertz CT molecular complexity index is 2180. The Morgan fingerprint density at radius 1 is 0.567 bits per heavy atom. The molecule has 2 aliphatic heterocycles. The van der Waals surface area contributed by atoms with Gasteiger partial charge < -0.3 is 24.3 Å². The molecule has 4 aliphatic rings. The number of nitrogens with one attached hydrogen (secondary N) is 1. The Kier molecular flexibility index (Phi) is 19.1. The lowest BCUT2D eigenvalue weighted by Crippen LogP contribution is -2.36. The van der Waals surface area contributed by atoms with Gasteiger partial charge in [0.2, 0.25) is 0 Å². The minimum absolute atomic E-state index is 0.0194. The highest BCUT2D eigenvalue weighted by atomic mass is 16.5. The third-order valence-electron chi connectivity index (χ3n) is 15.0. The summed E-state index contributed by atoms with van der Waals surface area (Å²) in [5.74, 6) is 3.67. The molecule has 2 aliphatic carbocycles. The van der Waals surface area contributed by atoms with Crippen LogP contribution >= 0.6 is 0 Å². The highest BCUT2D eigenvalue weighted by molar-refractivity contribution is 6.00. The Hall–Kier alpha value is -4.47. The number of piperidine rings is 2. The Morgan fingerprint density at radius 3 is 1.48 bits per heavy atom. The number of esters is 2. The summed E-state index contributed by atoms with van der Waals surface area (Å²) in [6.07, 6.45) is 14.7. The van der Waals surface area contributed by atoms with Gasteiger partial charge >= 0.3 is 11.9 Å². The van der Waals surface area contributed by atoms with Crippen molar-refractivity contribution >= 4 is 39.8 Å². The van der Waals surface area contributed by atoms with E-state index in [1.54, 1.807) is 0 Å². The van der Waals surface area contributed by atoms with Gasteiger partial charge in [0.1, 0.15) is 11.5 Å². The highest BCUT2D eigenvalue weighted by Crippen LogP contribution is 2.41. The first-order valence-corrected chi connectivity index (χ1v) is 25.8. The Labute approximate surface area is 402 Å². The van der Waals surface area contributed by atoms with E-state index in [9.17, 15) is 14.4 Å². The first-order chi connectivity index (χ1) is 32.2. The number of aldehydes is 1. The molecule has 4 aromatic carbocycles. The standard InChI is InChI=1S/C29H41NO3.C21H26O2.C8H15NO2/c1-5-32-28(31)21-16-18-30(19-17-21)20-22-8-6-10-26-25(22)9-7-11-27(26)33-24-14-12-23(13-15-24)29(2,3)4;1-21(2,3)16-10-12-17(13-11-16)23-20-9-5-7-18-15(14-22)6-4-8-19(18)20;1-2-11-8(10)7-3-5-9-6-4-7/h6-11,21,23-24H,5,12-20H2,1-4H3;4-9,14,16-17H,10-13H2,1-3H3;7,9H,2-6H2,1H3. The molecule has 0 aromatic heterocycles. The van der Waals surface area contributed by atoms with Gasteiger partial charge in [-0.15, -0.1) is 0 Å². The number of nitrogens with zero attached hydrogens (tertiary/aromatic N) is 1. The van der Waals surface area contributed by atoms with Crippen LogP contribution in [-0.4, -0.2) is 74.7 Å². The summed E-state index contributed by atoms with van der Waals surface area (Å²) in [7, 11) is 0. The highest BCUT2D eigenvalue weighted by Gasteiger charge is 2.32. The predicted octanol–water partition coefficient (Wildman–Crippen LogP) is 12.8. The van der Waals surface area contributed by atoms with Crippen molar-refractivity contribution in [3.8, 4) is 11.5 Å². The minimum Gasteiger partial charge on any atom is -0.490 e. The maximum absolute atomic E-state index is 12.1. The van der Waals surface area contributed by atoms with E-state index in [0.717, 1.165) is 130 Å². The average Bonchev–Trinajstić information content (AvgIpc) is 3.32. The fourth-order valence-electron chi connectivity index (χ4n) is 10.7. The number of rotatable bonds is 11. The van der Waals surface area contributed by atoms with Crippen LogP contribution < -0.4 is 14.8 Å². The zero-order chi connectivity index (χ0) is 48.0. The second-order valence-corrected chi connectivity index (χ2v) is 21.6. The maximum atomic E-state index is 12.1. The molecule has 0 atom stereocenters. The molecule has 366 valence electrons. The zero-order valence-electron chi connectivity index (χ0n) is 42.2. The minimum atomic E-state index is -0.0272. The summed E-state index contributed by atoms with van der Waals surface area (Å²) in [6, 6.07) is 24.9. The van der Waals surface area contributed by atoms with Crippen molar-refractivity contribution in [1.82, 2.24) is 10.2 Å². The van der Waals surface area contributed by atoms with Gasteiger partial charge in [-0.3, -0.25) is 19.3 Å². The number of ether oxygens (including phenoxy) is 4. The lowest BCUT2D eigenvalue weighted by molar-refractivity contribution is -0.150. The molecule has 2 saturated carbocycles. The van der Waals surface area contributed by atoms with Crippen LogP contribution in [0.4, 0.5) is 0 Å². The van der Waals surface area contributed by atoms with E-state index in [-0.39, 0.29) is 23.8 Å². The van der Waals surface area contributed by atoms with Crippen LogP contribution in [0.5, 0.6) is 11.5 Å². The van der Waals surface area contributed by atoms with E-state index in [4.69, 9.17) is 18.9 Å². The summed E-state index contributed by atoms with van der Waals surface area (Å²) >= 11 is 0. The van der Waals surface area contributed by atoms with Crippen molar-refractivity contribution in [2.24, 2.45) is 34.5 Å². The Balaban J connectivity index is 0.000000188. The quantitative estimate of drug-likeness (QED) is 0.116. The van der Waals surface area contributed by atoms with E-state index in [1.807, 2.05) is 50.2 Å². The van der Waals surface area contributed by atoms with Crippen molar-refractivity contribution in [2.75, 3.05) is 39.4 Å². The summed E-state index contributed by atoms with van der Waals surface area (Å²) in [4.78, 5) is 36.9. The van der Waals surface area contributed by atoms with E-state index in [0.29, 0.717) is 36.3 Å². The van der Waals surface area contributed by atoms with Crippen LogP contribution in [0.3, 0.4) is 0 Å². The van der Waals surface area contributed by atoms with Gasteiger partial charge in [-0.05, 0) is 168 Å². The van der Waals surface area contributed by atoms with Gasteiger partial charge in [0.15, 0.2) is 6.29 Å². The van der Waals surface area contributed by atoms with Crippen molar-refractivity contribution in [1.29, 1.82) is 0 Å². The van der Waals surface area contributed by atoms with E-state index in [2.05, 4.69) is 88.2 Å². The number of carbonyl (C=O) groups excluding carboxylic acids is 3. The molecule has 0 amide bonds. The Morgan fingerprint density at radius 2 is 1.00 bits per heavy atom. The van der Waals surface area contributed by atoms with Crippen LogP contribution in [0.1, 0.15) is 148 Å². The number of hydrogen-bond donors (Lipinski definition) is 1. The summed E-state index contributed by atoms with van der Waals surface area (Å²) in [6.45, 7) is 23.5. The molecule has 4 aromatic rings. The lowest BCUT2D eigenvalue weighted by atomic mass is 9.72. The lowest BCUT2D eigenvalue weighted by Gasteiger charge is -2.37. The van der Waals surface area contributed by atoms with Gasteiger partial charge in [0.05, 0.1) is 37.3 Å². The number of carbonyl (C=O) groups is 3. The molecule has 1 N–H and O–H groups in total. The average molecular weight is 919 g/mol. The van der Waals surface area contributed by atoms with E-state index in [1.165, 1.54) is 42.0 Å². The molecule has 0 radical (unpaired) electrons. The fourth-order valence-corrected chi connectivity index (χ4v) is 10.7. The van der Waals surface area contributed by atoms with Gasteiger partial charge in [0.25, 0.3) is 0 Å². The third kappa shape index (κ3) is 14.8. The summed E-state index contributed by atoms with van der Waals surface area (Å²) in [5.41, 5.74) is 2.85. The molecule has 4 fully saturated rings. The smallest absolute Gasteiger partial charge is 0.309 e. The van der Waals surface area contributed by atoms with Crippen LogP contribution in [0, 0.1) is 34.5 Å². The number of hydrogen-bond acceptors (Lipinski definition) is 9. The molecular weight excluding hydrogens is 837 g/mol. The SMILES string of the molecule is CC(C)(C)C1CCC(Oc2cccc3c(C=O)cccc23)CC1.CCOC(=O)C1CCN(Cc2cccc3c(OC4CCC(C(C)(C)C)CC4)cccc23)CC1.CCOC(=O)C1CCNCC1. The first kappa shape index (κ1) is 51.9. The summed E-state index contributed by atoms with van der Waals surface area (Å²) < 4.78 is 23.0. The molecule has 67 heavy (non-hydrogen) atoms. The molecule has 9 heteroatoms. The van der Waals surface area contributed by atoms with Crippen LogP contribution in [0.25, 0.3) is 21.5 Å². The van der Waals surface area contributed by atoms with Crippen molar-refractivity contribution < 1.29 is 33.3 Å². The number of likely N-dealkylation sites (tertiary alicyclic amines) is 1. The second-order valence-electron chi connectivity index (χ2n) is 21.6. The zero-order valence-corrected chi connectivity index (χ0v) is 42.2. The topological polar surface area (TPSA) is 103 Å². The van der Waals surface area contributed by atoms with E-state index >= 15 is 0 Å². The molecular formula is C58H82N2O7. The normalized spacial score (nSPS) is 22.1. The van der Waals surface area contributed by atoms with Crippen LogP contribution in [0.2, 0.25) is 0 Å². The molecule has 9 nitrogen and oxygen atoms in total. The third-order valence-corrected chi connectivity index (χ3v) is 15.0. The van der Waals surface area contributed by atoms with Crippen LogP contribution in [-0.2, 0) is 25.6 Å². The largest absolute Gasteiger partial charge is 0.490 e. The molecule has 0 unspecified atom stereocenters. The fraction of sp³-hybridized carbons (Fsp3) is 0.603. The maximum Gasteiger partial charge on any atom is 0.309 e. The van der Waals surface area contributed by atoms with Gasteiger partial charge in [-0.2, -0.15) is 0 Å². The summed E-state index contributed by atoms with van der Waals surface area (Å²) in [5, 5.41) is 7.72. The number of fused-ring (bicyclic) bond motifs is 2. The first-order valence-electron chi connectivity index (χ1n) is 25.8. The molecule has 0 spiro atoms. The van der Waals surface area contributed by atoms with Gasteiger partial charge in [0, 0.05) is 22.9 Å². The molecule has 0 bridgehead atoms. The van der Waals surface area contributed by atoms with E-state index < -0.39 is 0 Å². The molecule has 2 saturated heterocycles. The van der Waals surface area contributed by atoms with Gasteiger partial charge in [-0.25, -0.2) is 0 Å². The monoisotopic (exact) mass is 919 g/mol. The molecule has 2 heterocycles. The second kappa shape index (κ2) is 24.7. The van der Waals surface area contributed by atoms with Crippen LogP contribution in [0.15, 0.2) is 72.8 Å². The molecule has 8 rings (SSSR count). The number of benzene rings is 4. The predicted molar refractivity (Wildman–Crippen MR) is 272 cm³/mol. The van der Waals surface area contributed by atoms with Crippen molar-refractivity contribution in [3.63, 3.8) is 0 Å².